The minimum Gasteiger partial charge on any atom is -0.300 e. The maximum Gasteiger partial charge on any atom is 0.413 e. The largest absolute Gasteiger partial charge is 0.413 e. The van der Waals surface area contributed by atoms with Gasteiger partial charge in [-0.2, -0.15) is 8.78 Å². The zero-order valence-electron chi connectivity index (χ0n) is 6.13. The fourth-order valence-electron chi connectivity index (χ4n) is 1.05. The van der Waals surface area contributed by atoms with Gasteiger partial charge in [-0.1, -0.05) is 13.2 Å². The molecule has 0 radical (unpaired) electrons. The summed E-state index contributed by atoms with van der Waals surface area (Å²) in [5.74, 6) is 0. The molecule has 0 amide bonds. The molecule has 1 aliphatic rings. The van der Waals surface area contributed by atoms with Crippen molar-refractivity contribution in [2.45, 2.75) is 6.17 Å². The van der Waals surface area contributed by atoms with Crippen molar-refractivity contribution >= 4 is 0 Å². The van der Waals surface area contributed by atoms with Crippen molar-refractivity contribution in [2.24, 2.45) is 0 Å². The van der Waals surface area contributed by atoms with Gasteiger partial charge in [0.15, 0.2) is 0 Å². The summed E-state index contributed by atoms with van der Waals surface area (Å²) < 4.78 is 26.0. The Morgan fingerprint density at radius 1 is 1.09 bits per heavy atom. The molecular formula is C7H10F2N2. The van der Waals surface area contributed by atoms with E-state index < -0.39 is 6.17 Å². The van der Waals surface area contributed by atoms with Crippen molar-refractivity contribution in [1.82, 2.24) is 9.80 Å². The molecule has 1 saturated heterocycles. The second kappa shape index (κ2) is 2.53. The predicted molar refractivity (Wildman–Crippen MR) is 38.8 cm³/mol. The normalized spacial score (nSPS) is 22.0. The summed E-state index contributed by atoms with van der Waals surface area (Å²) >= 11 is 0. The van der Waals surface area contributed by atoms with E-state index in [0.29, 0.717) is 13.1 Å². The lowest BCUT2D eigenvalue weighted by Gasteiger charge is -2.26. The van der Waals surface area contributed by atoms with Crippen LogP contribution in [-0.2, 0) is 0 Å². The Morgan fingerprint density at radius 2 is 1.45 bits per heavy atom. The minimum absolute atomic E-state index is 0.294. The molecular weight excluding hydrogens is 150 g/mol. The van der Waals surface area contributed by atoms with Gasteiger partial charge in [0.25, 0.3) is 0 Å². The Balaban J connectivity index is 2.79. The second-order valence-corrected chi connectivity index (χ2v) is 2.26. The molecule has 2 nitrogen and oxygen atoms in total. The van der Waals surface area contributed by atoms with Crippen LogP contribution < -0.4 is 0 Å². The first-order valence-corrected chi connectivity index (χ1v) is 3.29. The van der Waals surface area contributed by atoms with Crippen molar-refractivity contribution in [3.05, 3.63) is 25.6 Å². The van der Waals surface area contributed by atoms with Gasteiger partial charge >= 0.3 is 6.17 Å². The number of halogens is 2. The minimum atomic E-state index is -2.94. The Morgan fingerprint density at radius 3 is 1.64 bits per heavy atom. The molecule has 11 heavy (non-hydrogen) atoms. The molecule has 1 fully saturated rings. The summed E-state index contributed by atoms with van der Waals surface area (Å²) in [6.45, 7) is 7.17. The summed E-state index contributed by atoms with van der Waals surface area (Å²) in [5.41, 5.74) is 0. The molecule has 1 rings (SSSR count). The topological polar surface area (TPSA) is 6.48 Å². The molecule has 0 aromatic carbocycles. The van der Waals surface area contributed by atoms with Crippen LogP contribution in [0.25, 0.3) is 0 Å². The van der Waals surface area contributed by atoms with Crippen LogP contribution in [-0.4, -0.2) is 29.1 Å². The van der Waals surface area contributed by atoms with E-state index >= 15 is 0 Å². The lowest BCUT2D eigenvalue weighted by atomic mass is 10.6. The highest BCUT2D eigenvalue weighted by Gasteiger charge is 2.45. The molecule has 0 atom stereocenters. The van der Waals surface area contributed by atoms with Gasteiger partial charge in [0.2, 0.25) is 0 Å². The van der Waals surface area contributed by atoms with E-state index in [2.05, 4.69) is 13.2 Å². The maximum absolute atomic E-state index is 13.0. The van der Waals surface area contributed by atoms with Gasteiger partial charge < -0.3 is 0 Å². The molecule has 0 saturated carbocycles. The van der Waals surface area contributed by atoms with Crippen LogP contribution in [0.2, 0.25) is 0 Å². The Hall–Kier alpha value is -1.06. The van der Waals surface area contributed by atoms with Gasteiger partial charge in [-0.3, -0.25) is 9.80 Å². The van der Waals surface area contributed by atoms with Gasteiger partial charge in [0.1, 0.15) is 0 Å². The molecule has 1 aliphatic heterocycles. The summed E-state index contributed by atoms with van der Waals surface area (Å²) in [7, 11) is 0. The van der Waals surface area contributed by atoms with Gasteiger partial charge in [-0.15, -0.1) is 0 Å². The number of nitrogens with zero attached hydrogens (tertiary/aromatic N) is 2. The van der Waals surface area contributed by atoms with Crippen LogP contribution in [0.4, 0.5) is 8.78 Å². The highest BCUT2D eigenvalue weighted by atomic mass is 19.3. The van der Waals surface area contributed by atoms with Crippen LogP contribution in [0.1, 0.15) is 0 Å². The fraction of sp³-hybridized carbons (Fsp3) is 0.429. The summed E-state index contributed by atoms with van der Waals surface area (Å²) in [4.78, 5) is 1.77. The molecule has 62 valence electrons. The lowest BCUT2D eigenvalue weighted by molar-refractivity contribution is -0.175. The number of hydrogen-bond donors (Lipinski definition) is 0. The molecule has 0 aromatic rings. The van der Waals surface area contributed by atoms with E-state index in [0.717, 1.165) is 22.2 Å². The predicted octanol–water partition coefficient (Wildman–Crippen LogP) is 1.44. The SMILES string of the molecule is C=CN1CCN(C=C)C1(F)F. The molecule has 0 N–H and O–H groups in total. The molecule has 4 heteroatoms. The van der Waals surface area contributed by atoms with Crippen molar-refractivity contribution in [2.75, 3.05) is 13.1 Å². The highest BCUT2D eigenvalue weighted by molar-refractivity contribution is 4.91. The molecule has 0 unspecified atom stereocenters. The Labute approximate surface area is 64.4 Å². The highest BCUT2D eigenvalue weighted by Crippen LogP contribution is 2.29. The first-order valence-electron chi connectivity index (χ1n) is 3.29. The molecule has 0 spiro atoms. The van der Waals surface area contributed by atoms with Crippen LogP contribution in [0.5, 0.6) is 0 Å². The average Bonchev–Trinajstić information content (AvgIpc) is 2.24. The zero-order chi connectivity index (χ0) is 8.48. The van der Waals surface area contributed by atoms with Crippen LogP contribution in [0.15, 0.2) is 25.6 Å². The van der Waals surface area contributed by atoms with Gasteiger partial charge in [-0.05, 0) is 12.4 Å². The monoisotopic (exact) mass is 160 g/mol. The lowest BCUT2D eigenvalue weighted by Crippen LogP contribution is -2.40. The fourth-order valence-corrected chi connectivity index (χ4v) is 1.05. The smallest absolute Gasteiger partial charge is 0.300 e. The molecule has 1 heterocycles. The third kappa shape index (κ3) is 1.08. The van der Waals surface area contributed by atoms with Crippen molar-refractivity contribution in [1.29, 1.82) is 0 Å². The molecule has 0 bridgehead atoms. The van der Waals surface area contributed by atoms with Gasteiger partial charge in [0, 0.05) is 13.1 Å². The van der Waals surface area contributed by atoms with Crippen molar-refractivity contribution in [3.8, 4) is 0 Å². The van der Waals surface area contributed by atoms with Crippen LogP contribution >= 0.6 is 0 Å². The van der Waals surface area contributed by atoms with Gasteiger partial charge in [-0.25, -0.2) is 0 Å². The third-order valence-corrected chi connectivity index (χ3v) is 1.71. The molecule has 0 aromatic heterocycles. The number of rotatable bonds is 2. The van der Waals surface area contributed by atoms with E-state index in [1.165, 1.54) is 0 Å². The van der Waals surface area contributed by atoms with E-state index in [1.54, 1.807) is 0 Å². The third-order valence-electron chi connectivity index (χ3n) is 1.71. The van der Waals surface area contributed by atoms with E-state index in [1.807, 2.05) is 0 Å². The van der Waals surface area contributed by atoms with Crippen LogP contribution in [0, 0.1) is 0 Å². The second-order valence-electron chi connectivity index (χ2n) is 2.26. The average molecular weight is 160 g/mol. The summed E-state index contributed by atoms with van der Waals surface area (Å²) in [6.07, 6.45) is -0.656. The van der Waals surface area contributed by atoms with E-state index in [9.17, 15) is 8.78 Å². The Bertz CT molecular complexity index is 161. The Kier molecular flexibility index (Phi) is 1.85. The number of hydrogen-bond acceptors (Lipinski definition) is 2. The number of alkyl halides is 2. The first-order chi connectivity index (χ1) is 5.12. The van der Waals surface area contributed by atoms with Crippen molar-refractivity contribution in [3.63, 3.8) is 0 Å². The van der Waals surface area contributed by atoms with E-state index in [4.69, 9.17) is 0 Å². The molecule has 0 aliphatic carbocycles. The first kappa shape index (κ1) is 8.04. The zero-order valence-corrected chi connectivity index (χ0v) is 6.13. The van der Waals surface area contributed by atoms with Crippen LogP contribution in [0.3, 0.4) is 0 Å². The quantitative estimate of drug-likeness (QED) is 0.564. The summed E-state index contributed by atoms with van der Waals surface area (Å²) in [6, 6.07) is 0. The maximum atomic E-state index is 13.0. The van der Waals surface area contributed by atoms with E-state index in [-0.39, 0.29) is 0 Å². The standard InChI is InChI=1S/C7H10F2N2/c1-3-10-5-6-11(4-2)7(10,8)9/h3-4H,1-2,5-6H2. The van der Waals surface area contributed by atoms with Crippen molar-refractivity contribution < 1.29 is 8.78 Å². The summed E-state index contributed by atoms with van der Waals surface area (Å²) in [5, 5.41) is 0. The van der Waals surface area contributed by atoms with Gasteiger partial charge in [0.05, 0.1) is 0 Å².